The highest BCUT2D eigenvalue weighted by Gasteiger charge is 2.16. The molecule has 4 heteroatoms. The Balaban J connectivity index is 3.91. The fraction of sp³-hybridized carbons (Fsp3) is 0.789. The Morgan fingerprint density at radius 2 is 1.65 bits per heavy atom. The zero-order valence-corrected chi connectivity index (χ0v) is 15.7. The SMILES string of the molecule is CCCCCCCC(=O)N[C@@H](C)C(=O)N[C@@H](C)CCC=C(C)C. The minimum atomic E-state index is -0.468. The molecule has 2 atom stereocenters. The molecule has 0 aromatic rings. The number of hydrogen-bond acceptors (Lipinski definition) is 2. The van der Waals surface area contributed by atoms with E-state index in [2.05, 4.69) is 37.5 Å². The molecule has 2 amide bonds. The van der Waals surface area contributed by atoms with Crippen LogP contribution < -0.4 is 10.6 Å². The molecule has 0 radical (unpaired) electrons. The highest BCUT2D eigenvalue weighted by molar-refractivity contribution is 5.87. The number of rotatable bonds is 12. The molecule has 0 rings (SSSR count). The lowest BCUT2D eigenvalue weighted by atomic mass is 10.1. The highest BCUT2D eigenvalue weighted by atomic mass is 16.2. The maximum atomic E-state index is 12.1. The number of hydrogen-bond donors (Lipinski definition) is 2. The van der Waals surface area contributed by atoms with Crippen LogP contribution in [-0.4, -0.2) is 23.9 Å². The van der Waals surface area contributed by atoms with Crippen molar-refractivity contribution in [2.45, 2.75) is 98.1 Å². The van der Waals surface area contributed by atoms with E-state index in [0.717, 1.165) is 25.7 Å². The molecular formula is C19H36N2O2. The molecule has 0 aliphatic carbocycles. The Morgan fingerprint density at radius 1 is 1.00 bits per heavy atom. The molecule has 134 valence electrons. The monoisotopic (exact) mass is 324 g/mol. The van der Waals surface area contributed by atoms with Crippen LogP contribution in [0.15, 0.2) is 11.6 Å². The Morgan fingerprint density at radius 3 is 2.26 bits per heavy atom. The smallest absolute Gasteiger partial charge is 0.242 e. The number of carbonyl (C=O) groups excluding carboxylic acids is 2. The van der Waals surface area contributed by atoms with Crippen molar-refractivity contribution in [1.29, 1.82) is 0 Å². The standard InChI is InChI=1S/C19H36N2O2/c1-6-7-8-9-10-14-18(22)21-17(5)19(23)20-16(4)13-11-12-15(2)3/h12,16-17H,6-11,13-14H2,1-5H3,(H,20,23)(H,21,22)/t16-,17-/m0/s1. The zero-order chi connectivity index (χ0) is 17.7. The summed E-state index contributed by atoms with van der Waals surface area (Å²) in [4.78, 5) is 23.9. The second-order valence-electron chi connectivity index (χ2n) is 6.72. The van der Waals surface area contributed by atoms with Gasteiger partial charge in [-0.15, -0.1) is 0 Å². The normalized spacial score (nSPS) is 13.1. The van der Waals surface area contributed by atoms with Crippen molar-refractivity contribution in [3.63, 3.8) is 0 Å². The summed E-state index contributed by atoms with van der Waals surface area (Å²) in [5.74, 6) is -0.129. The number of amides is 2. The fourth-order valence-corrected chi connectivity index (χ4v) is 2.33. The summed E-state index contributed by atoms with van der Waals surface area (Å²) < 4.78 is 0. The fourth-order valence-electron chi connectivity index (χ4n) is 2.33. The van der Waals surface area contributed by atoms with Crippen LogP contribution in [0.4, 0.5) is 0 Å². The molecule has 0 aliphatic rings. The van der Waals surface area contributed by atoms with E-state index < -0.39 is 6.04 Å². The van der Waals surface area contributed by atoms with E-state index >= 15 is 0 Å². The van der Waals surface area contributed by atoms with Crippen molar-refractivity contribution in [3.8, 4) is 0 Å². The van der Waals surface area contributed by atoms with Crippen LogP contribution in [0.1, 0.15) is 86.0 Å². The van der Waals surface area contributed by atoms with Gasteiger partial charge in [0.25, 0.3) is 0 Å². The first-order valence-corrected chi connectivity index (χ1v) is 9.09. The van der Waals surface area contributed by atoms with E-state index in [1.807, 2.05) is 6.92 Å². The van der Waals surface area contributed by atoms with Crippen LogP contribution in [0, 0.1) is 0 Å². The van der Waals surface area contributed by atoms with Gasteiger partial charge in [0.1, 0.15) is 6.04 Å². The molecule has 0 aromatic carbocycles. The summed E-state index contributed by atoms with van der Waals surface area (Å²) in [6.45, 7) is 10.1. The molecule has 2 N–H and O–H groups in total. The Labute approximate surface area is 142 Å². The van der Waals surface area contributed by atoms with E-state index in [1.165, 1.54) is 24.8 Å². The van der Waals surface area contributed by atoms with Crippen LogP contribution in [-0.2, 0) is 9.59 Å². The average Bonchev–Trinajstić information content (AvgIpc) is 2.46. The minimum Gasteiger partial charge on any atom is -0.352 e. The van der Waals surface area contributed by atoms with Gasteiger partial charge < -0.3 is 10.6 Å². The van der Waals surface area contributed by atoms with Gasteiger partial charge in [-0.05, 0) is 47.0 Å². The number of nitrogens with one attached hydrogen (secondary N) is 2. The predicted molar refractivity (Wildman–Crippen MR) is 97.3 cm³/mol. The van der Waals surface area contributed by atoms with Gasteiger partial charge in [-0.1, -0.05) is 44.3 Å². The maximum absolute atomic E-state index is 12.1. The largest absolute Gasteiger partial charge is 0.352 e. The molecule has 0 saturated heterocycles. The highest BCUT2D eigenvalue weighted by Crippen LogP contribution is 2.05. The first-order valence-electron chi connectivity index (χ1n) is 9.09. The molecule has 0 aromatic heterocycles. The van der Waals surface area contributed by atoms with Gasteiger partial charge in [0.15, 0.2) is 0 Å². The van der Waals surface area contributed by atoms with Gasteiger partial charge in [-0.3, -0.25) is 9.59 Å². The summed E-state index contributed by atoms with van der Waals surface area (Å²) in [7, 11) is 0. The molecule has 0 spiro atoms. The summed E-state index contributed by atoms with van der Waals surface area (Å²) >= 11 is 0. The van der Waals surface area contributed by atoms with E-state index in [0.29, 0.717) is 6.42 Å². The molecule has 4 nitrogen and oxygen atoms in total. The average molecular weight is 325 g/mol. The molecule has 0 aliphatic heterocycles. The van der Waals surface area contributed by atoms with Crippen molar-refractivity contribution in [3.05, 3.63) is 11.6 Å². The van der Waals surface area contributed by atoms with Crippen LogP contribution in [0.3, 0.4) is 0 Å². The van der Waals surface area contributed by atoms with Crippen molar-refractivity contribution in [2.75, 3.05) is 0 Å². The van der Waals surface area contributed by atoms with E-state index in [9.17, 15) is 9.59 Å². The van der Waals surface area contributed by atoms with Gasteiger partial charge >= 0.3 is 0 Å². The summed E-state index contributed by atoms with van der Waals surface area (Å²) in [6, 6.07) is -0.351. The Kier molecular flexibility index (Phi) is 12.4. The van der Waals surface area contributed by atoms with Crippen LogP contribution in [0.5, 0.6) is 0 Å². The van der Waals surface area contributed by atoms with E-state index in [1.54, 1.807) is 6.92 Å². The predicted octanol–water partition coefficient (Wildman–Crippen LogP) is 4.10. The number of carbonyl (C=O) groups is 2. The topological polar surface area (TPSA) is 58.2 Å². The first kappa shape index (κ1) is 21.7. The molecule has 0 fully saturated rings. The lowest BCUT2D eigenvalue weighted by Crippen LogP contribution is -2.47. The minimum absolute atomic E-state index is 0.0265. The van der Waals surface area contributed by atoms with Crippen molar-refractivity contribution < 1.29 is 9.59 Å². The molecular weight excluding hydrogens is 288 g/mol. The molecule has 23 heavy (non-hydrogen) atoms. The maximum Gasteiger partial charge on any atom is 0.242 e. The van der Waals surface area contributed by atoms with Gasteiger partial charge in [0.2, 0.25) is 11.8 Å². The summed E-state index contributed by atoms with van der Waals surface area (Å²) in [5.41, 5.74) is 1.29. The molecule has 0 bridgehead atoms. The van der Waals surface area contributed by atoms with Crippen molar-refractivity contribution in [1.82, 2.24) is 10.6 Å². The van der Waals surface area contributed by atoms with Crippen LogP contribution >= 0.6 is 0 Å². The summed E-state index contributed by atoms with van der Waals surface area (Å²) in [5, 5.41) is 5.75. The zero-order valence-electron chi connectivity index (χ0n) is 15.7. The molecule has 0 heterocycles. The summed E-state index contributed by atoms with van der Waals surface area (Å²) in [6.07, 6.45) is 10.2. The second kappa shape index (κ2) is 13.1. The Hall–Kier alpha value is -1.32. The van der Waals surface area contributed by atoms with Crippen LogP contribution in [0.2, 0.25) is 0 Å². The Bertz CT molecular complexity index is 374. The number of allylic oxidation sites excluding steroid dienone is 2. The lowest BCUT2D eigenvalue weighted by molar-refractivity contribution is -0.129. The van der Waals surface area contributed by atoms with Gasteiger partial charge in [0, 0.05) is 12.5 Å². The van der Waals surface area contributed by atoms with Gasteiger partial charge in [0.05, 0.1) is 0 Å². The quantitative estimate of drug-likeness (QED) is 0.419. The third kappa shape index (κ3) is 12.9. The third-order valence-electron chi connectivity index (χ3n) is 3.82. The van der Waals surface area contributed by atoms with Crippen molar-refractivity contribution in [2.24, 2.45) is 0 Å². The second-order valence-corrected chi connectivity index (χ2v) is 6.72. The number of unbranched alkanes of at least 4 members (excludes halogenated alkanes) is 4. The van der Waals surface area contributed by atoms with Gasteiger partial charge in [-0.25, -0.2) is 0 Å². The van der Waals surface area contributed by atoms with Crippen LogP contribution in [0.25, 0.3) is 0 Å². The van der Waals surface area contributed by atoms with E-state index in [-0.39, 0.29) is 17.9 Å². The van der Waals surface area contributed by atoms with Gasteiger partial charge in [-0.2, -0.15) is 0 Å². The first-order chi connectivity index (χ1) is 10.9. The molecule has 0 unspecified atom stereocenters. The molecule has 0 saturated carbocycles. The lowest BCUT2D eigenvalue weighted by Gasteiger charge is -2.18. The third-order valence-corrected chi connectivity index (χ3v) is 3.82. The van der Waals surface area contributed by atoms with E-state index in [4.69, 9.17) is 0 Å². The van der Waals surface area contributed by atoms with Crippen molar-refractivity contribution >= 4 is 11.8 Å².